The summed E-state index contributed by atoms with van der Waals surface area (Å²) in [4.78, 5) is 17.0. The van der Waals surface area contributed by atoms with E-state index < -0.39 is 6.03 Å². The maximum absolute atomic E-state index is 9.00. The summed E-state index contributed by atoms with van der Waals surface area (Å²) in [7, 11) is 0. The van der Waals surface area contributed by atoms with E-state index in [1.165, 1.54) is 0 Å². The molecule has 0 aliphatic carbocycles. The van der Waals surface area contributed by atoms with Crippen molar-refractivity contribution in [3.8, 4) is 0 Å². The van der Waals surface area contributed by atoms with Gasteiger partial charge in [-0.25, -0.2) is 4.79 Å². The second-order valence-corrected chi connectivity index (χ2v) is 0.402. The molecule has 0 saturated carbocycles. The number of rotatable bonds is 0. The number of nitrogens with two attached hydrogens (primary N) is 2. The average molecular weight is 118 g/mol. The van der Waals surface area contributed by atoms with Crippen LogP contribution in [0.5, 0.6) is 0 Å². The predicted molar refractivity (Wildman–Crippen MR) is 26.6 cm³/mol. The second kappa shape index (κ2) is 19.2. The molecule has 0 rings (SSSR count). The van der Waals surface area contributed by atoms with Crippen LogP contribution in [0.1, 0.15) is 0 Å². The zero-order valence-electron chi connectivity index (χ0n) is 3.68. The van der Waals surface area contributed by atoms with Gasteiger partial charge in [0.05, 0.1) is 0 Å². The molecule has 0 spiro atoms. The normalized spacial score (nSPS) is 4.00. The van der Waals surface area contributed by atoms with Crippen molar-refractivity contribution in [2.24, 2.45) is 11.5 Å². The first-order chi connectivity index (χ1) is 2.73. The third-order valence-corrected chi connectivity index (χ3v) is 0. The minimum Gasteiger partial charge on any atom is -0.352 e. The Labute approximate surface area is 45.9 Å². The molecule has 4 radical (unpaired) electrons. The molecule has 0 aromatic carbocycles. The maximum Gasteiger partial charge on any atom is 0.309 e. The Hall–Kier alpha value is -0.843. The number of carbonyl (C=O) groups excluding carboxylic acids is 2. The lowest BCUT2D eigenvalue weighted by atomic mass is 11.2. The molecule has 0 heterocycles. The minimum atomic E-state index is -0.833. The summed E-state index contributed by atoms with van der Waals surface area (Å²) < 4.78 is 0. The third kappa shape index (κ3) is 72.3. The lowest BCUT2D eigenvalue weighted by Gasteiger charge is -1.62. The lowest BCUT2D eigenvalue weighted by Crippen LogP contribution is -2.18. The van der Waals surface area contributed by atoms with Crippen molar-refractivity contribution in [2.45, 2.75) is 0 Å². The first-order valence-corrected chi connectivity index (χ1v) is 1.07. The lowest BCUT2D eigenvalue weighted by molar-refractivity contribution is -0.0979. The summed E-state index contributed by atoms with van der Waals surface area (Å²) in [5, 5.41) is 0. The Morgan fingerprint density at radius 2 is 1.29 bits per heavy atom. The van der Waals surface area contributed by atoms with E-state index in [1.807, 2.05) is 6.79 Å². The van der Waals surface area contributed by atoms with Gasteiger partial charge >= 0.3 is 6.03 Å². The highest BCUT2D eigenvalue weighted by Crippen LogP contribution is 1.25. The molecule has 0 atom stereocenters. The highest BCUT2D eigenvalue weighted by atomic mass is 28.1. The Kier molecular flexibility index (Phi) is 45.0. The first-order valence-electron chi connectivity index (χ1n) is 1.07. The smallest absolute Gasteiger partial charge is 0.309 e. The minimum absolute atomic E-state index is 0. The van der Waals surface area contributed by atoms with Crippen molar-refractivity contribution < 1.29 is 9.59 Å². The number of hydrogen-bond donors (Lipinski definition) is 2. The van der Waals surface area contributed by atoms with E-state index in [0.717, 1.165) is 0 Å². The maximum atomic E-state index is 9.00. The topological polar surface area (TPSA) is 86.2 Å². The van der Waals surface area contributed by atoms with Crippen molar-refractivity contribution >= 4 is 23.8 Å². The Bertz CT molecular complexity index is 45.0. The predicted octanol–water partition coefficient (Wildman–Crippen LogP) is -1.54. The SMILES string of the molecule is C=O.NC(N)=O.[Si]. The summed E-state index contributed by atoms with van der Waals surface area (Å²) in [6.07, 6.45) is 0. The van der Waals surface area contributed by atoms with Gasteiger partial charge in [-0.05, 0) is 0 Å². The van der Waals surface area contributed by atoms with Gasteiger partial charge in [0.25, 0.3) is 0 Å². The molecule has 0 fully saturated rings. The second-order valence-electron chi connectivity index (χ2n) is 0.402. The fraction of sp³-hybridized carbons (Fsp3) is 0. The van der Waals surface area contributed by atoms with Gasteiger partial charge in [0.1, 0.15) is 6.79 Å². The standard InChI is InChI=1S/CH4N2O.CH2O.Si/c2-1(3)4;1-2;/h(H4,2,3,4);1H2;. The Morgan fingerprint density at radius 1 is 1.29 bits per heavy atom. The Morgan fingerprint density at radius 3 is 1.29 bits per heavy atom. The van der Waals surface area contributed by atoms with Crippen molar-refractivity contribution in [3.05, 3.63) is 0 Å². The number of primary amides is 2. The molecular weight excluding hydrogens is 112 g/mol. The van der Waals surface area contributed by atoms with Crippen LogP contribution in [0.25, 0.3) is 0 Å². The molecule has 4 N–H and O–H groups in total. The van der Waals surface area contributed by atoms with Crippen LogP contribution in [-0.4, -0.2) is 23.8 Å². The molecule has 5 heteroatoms. The largest absolute Gasteiger partial charge is 0.352 e. The van der Waals surface area contributed by atoms with Gasteiger partial charge in [0.15, 0.2) is 0 Å². The van der Waals surface area contributed by atoms with Crippen LogP contribution in [0.3, 0.4) is 0 Å². The van der Waals surface area contributed by atoms with Gasteiger partial charge < -0.3 is 16.3 Å². The van der Waals surface area contributed by atoms with Crippen molar-refractivity contribution in [3.63, 3.8) is 0 Å². The van der Waals surface area contributed by atoms with Gasteiger partial charge in [0, 0.05) is 11.0 Å². The zero-order valence-corrected chi connectivity index (χ0v) is 4.68. The van der Waals surface area contributed by atoms with Crippen LogP contribution in [0.2, 0.25) is 0 Å². The summed E-state index contributed by atoms with van der Waals surface area (Å²) in [5.74, 6) is 0. The van der Waals surface area contributed by atoms with E-state index in [4.69, 9.17) is 9.59 Å². The number of amides is 2. The van der Waals surface area contributed by atoms with E-state index in [0.29, 0.717) is 0 Å². The van der Waals surface area contributed by atoms with Crippen LogP contribution < -0.4 is 11.5 Å². The summed E-state index contributed by atoms with van der Waals surface area (Å²) >= 11 is 0. The molecule has 4 nitrogen and oxygen atoms in total. The highest BCUT2D eigenvalue weighted by molar-refractivity contribution is 5.75. The fourth-order valence-corrected chi connectivity index (χ4v) is 0. The molecule has 40 valence electrons. The first kappa shape index (κ1) is 16.4. The summed E-state index contributed by atoms with van der Waals surface area (Å²) in [5.41, 5.74) is 8.50. The fourth-order valence-electron chi connectivity index (χ4n) is 0. The van der Waals surface area contributed by atoms with E-state index in [2.05, 4.69) is 11.5 Å². The van der Waals surface area contributed by atoms with Gasteiger partial charge in [0.2, 0.25) is 0 Å². The number of hydrogen-bond acceptors (Lipinski definition) is 2. The number of urea groups is 1. The van der Waals surface area contributed by atoms with Crippen molar-refractivity contribution in [2.75, 3.05) is 0 Å². The quantitative estimate of drug-likeness (QED) is 0.377. The highest BCUT2D eigenvalue weighted by Gasteiger charge is 1.60. The molecule has 0 unspecified atom stereocenters. The molecule has 0 aromatic heterocycles. The molecule has 0 aliphatic rings. The van der Waals surface area contributed by atoms with Gasteiger partial charge in [-0.15, -0.1) is 0 Å². The summed E-state index contributed by atoms with van der Waals surface area (Å²) in [6.45, 7) is 2.00. The van der Waals surface area contributed by atoms with Crippen LogP contribution >= 0.6 is 0 Å². The molecule has 2 amide bonds. The molecule has 0 aliphatic heterocycles. The van der Waals surface area contributed by atoms with Crippen LogP contribution in [0.4, 0.5) is 4.79 Å². The molecular formula is C2H6N2O2Si. The van der Waals surface area contributed by atoms with Crippen LogP contribution in [0.15, 0.2) is 0 Å². The van der Waals surface area contributed by atoms with Crippen molar-refractivity contribution in [1.82, 2.24) is 0 Å². The van der Waals surface area contributed by atoms with Gasteiger partial charge in [-0.2, -0.15) is 0 Å². The van der Waals surface area contributed by atoms with E-state index >= 15 is 0 Å². The average Bonchev–Trinajstić information content (AvgIpc) is 1.41. The van der Waals surface area contributed by atoms with E-state index in [-0.39, 0.29) is 11.0 Å². The van der Waals surface area contributed by atoms with Crippen LogP contribution in [0, 0.1) is 0 Å². The van der Waals surface area contributed by atoms with Crippen molar-refractivity contribution in [1.29, 1.82) is 0 Å². The molecule has 0 bridgehead atoms. The third-order valence-electron chi connectivity index (χ3n) is 0. The summed E-state index contributed by atoms with van der Waals surface area (Å²) in [6, 6.07) is -0.833. The molecule has 0 aromatic rings. The van der Waals surface area contributed by atoms with Gasteiger partial charge in [-0.3, -0.25) is 0 Å². The Balaban J connectivity index is -0.0000000480. The number of carbonyl (C=O) groups is 2. The molecule has 0 saturated heterocycles. The van der Waals surface area contributed by atoms with Gasteiger partial charge in [-0.1, -0.05) is 0 Å². The monoisotopic (exact) mass is 118 g/mol. The van der Waals surface area contributed by atoms with E-state index in [9.17, 15) is 0 Å². The van der Waals surface area contributed by atoms with E-state index in [1.54, 1.807) is 0 Å². The molecule has 7 heavy (non-hydrogen) atoms. The zero-order chi connectivity index (χ0) is 5.58. The van der Waals surface area contributed by atoms with Crippen LogP contribution in [-0.2, 0) is 4.79 Å².